The van der Waals surface area contributed by atoms with E-state index < -0.39 is 17.4 Å². The Kier molecular flexibility index (Phi) is 5.57. The predicted molar refractivity (Wildman–Crippen MR) is 116 cm³/mol. The van der Waals surface area contributed by atoms with Gasteiger partial charge < -0.3 is 9.53 Å². The summed E-state index contributed by atoms with van der Waals surface area (Å²) in [6.07, 6.45) is 0.563. The first-order valence-corrected chi connectivity index (χ1v) is 10.0. The van der Waals surface area contributed by atoms with E-state index in [2.05, 4.69) is 0 Å². The van der Waals surface area contributed by atoms with Crippen molar-refractivity contribution in [1.29, 1.82) is 0 Å². The van der Waals surface area contributed by atoms with E-state index in [0.29, 0.717) is 12.3 Å². The van der Waals surface area contributed by atoms with Crippen LogP contribution in [0.25, 0.3) is 0 Å². The molecule has 3 aromatic carbocycles. The van der Waals surface area contributed by atoms with Crippen molar-refractivity contribution in [3.05, 3.63) is 108 Å². The molecule has 4 nitrogen and oxygen atoms in total. The van der Waals surface area contributed by atoms with Crippen LogP contribution in [-0.2, 0) is 20.7 Å². The van der Waals surface area contributed by atoms with Crippen molar-refractivity contribution < 1.29 is 14.3 Å². The average Bonchev–Trinajstić information content (AvgIpc) is 3.10. The summed E-state index contributed by atoms with van der Waals surface area (Å²) in [4.78, 5) is 30.6. The Labute approximate surface area is 176 Å². The Bertz CT molecular complexity index is 1060. The molecule has 0 amide bonds. The van der Waals surface area contributed by atoms with Crippen molar-refractivity contribution in [2.75, 3.05) is 0 Å². The lowest BCUT2D eigenvalue weighted by Gasteiger charge is -2.31. The predicted octanol–water partition coefficient (Wildman–Crippen LogP) is 4.73. The van der Waals surface area contributed by atoms with Crippen LogP contribution in [0.1, 0.15) is 36.0 Å². The molecule has 0 aliphatic carbocycles. The van der Waals surface area contributed by atoms with E-state index in [0.717, 1.165) is 16.7 Å². The first-order valence-electron chi connectivity index (χ1n) is 10.0. The molecule has 0 saturated heterocycles. The van der Waals surface area contributed by atoms with Crippen molar-refractivity contribution >= 4 is 17.7 Å². The molecule has 0 fully saturated rings. The summed E-state index contributed by atoms with van der Waals surface area (Å²) in [7, 11) is 0. The number of rotatable bonds is 7. The van der Waals surface area contributed by atoms with Crippen LogP contribution in [0.15, 0.2) is 96.0 Å². The minimum absolute atomic E-state index is 0.00690. The van der Waals surface area contributed by atoms with E-state index >= 15 is 0 Å². The smallest absolute Gasteiger partial charge is 0.341 e. The standard InChI is InChI=1S/C26H23NO3/c1-19(28)17-23(21-13-7-3-8-14-21)26(18-20-11-5-2-6-12-20)25(29)30-24(27-26)22-15-9-4-10-16-22/h2-16,23H,17-18H2,1H3/t23-,26-/m1/s1. The molecule has 0 saturated carbocycles. The van der Waals surface area contributed by atoms with Gasteiger partial charge in [-0.3, -0.25) is 0 Å². The second kappa shape index (κ2) is 8.46. The van der Waals surface area contributed by atoms with Gasteiger partial charge in [-0.25, -0.2) is 9.79 Å². The van der Waals surface area contributed by atoms with E-state index in [-0.39, 0.29) is 12.2 Å². The molecule has 0 bridgehead atoms. The van der Waals surface area contributed by atoms with Crippen molar-refractivity contribution in [2.24, 2.45) is 4.99 Å². The molecule has 4 heteroatoms. The van der Waals surface area contributed by atoms with Gasteiger partial charge in [0.2, 0.25) is 5.90 Å². The van der Waals surface area contributed by atoms with Crippen molar-refractivity contribution in [3.8, 4) is 0 Å². The van der Waals surface area contributed by atoms with E-state index in [9.17, 15) is 9.59 Å². The number of hydrogen-bond acceptors (Lipinski definition) is 4. The fourth-order valence-electron chi connectivity index (χ4n) is 4.03. The number of aliphatic imine (C=N–C) groups is 1. The Morgan fingerprint density at radius 2 is 1.47 bits per heavy atom. The van der Waals surface area contributed by atoms with Gasteiger partial charge in [0.15, 0.2) is 5.54 Å². The number of nitrogens with zero attached hydrogens (tertiary/aromatic N) is 1. The molecule has 1 heterocycles. The Hall–Kier alpha value is -3.53. The summed E-state index contributed by atoms with van der Waals surface area (Å²) in [5.41, 5.74) is 1.41. The number of Topliss-reactive ketones (excluding diaryl/α,β-unsaturated/α-hetero) is 1. The molecule has 150 valence electrons. The van der Waals surface area contributed by atoms with Gasteiger partial charge in [-0.15, -0.1) is 0 Å². The second-order valence-corrected chi connectivity index (χ2v) is 7.63. The summed E-state index contributed by atoms with van der Waals surface area (Å²) >= 11 is 0. The van der Waals surface area contributed by atoms with E-state index in [4.69, 9.17) is 9.73 Å². The average molecular weight is 397 g/mol. The molecular weight excluding hydrogens is 374 g/mol. The monoisotopic (exact) mass is 397 g/mol. The quantitative estimate of drug-likeness (QED) is 0.542. The Morgan fingerprint density at radius 3 is 2.07 bits per heavy atom. The highest BCUT2D eigenvalue weighted by molar-refractivity contribution is 6.08. The summed E-state index contributed by atoms with van der Waals surface area (Å²) in [6, 6.07) is 28.8. The van der Waals surface area contributed by atoms with Crippen LogP contribution in [0.2, 0.25) is 0 Å². The van der Waals surface area contributed by atoms with Crippen LogP contribution in [0, 0.1) is 0 Å². The number of carbonyl (C=O) groups is 2. The topological polar surface area (TPSA) is 55.7 Å². The van der Waals surface area contributed by atoms with Gasteiger partial charge in [0.1, 0.15) is 5.78 Å². The lowest BCUT2D eigenvalue weighted by atomic mass is 9.73. The van der Waals surface area contributed by atoms with Crippen LogP contribution in [0.3, 0.4) is 0 Å². The van der Waals surface area contributed by atoms with Crippen LogP contribution >= 0.6 is 0 Å². The normalized spacial score (nSPS) is 19.1. The molecule has 0 aromatic heterocycles. The van der Waals surface area contributed by atoms with E-state index in [1.807, 2.05) is 91.0 Å². The summed E-state index contributed by atoms with van der Waals surface area (Å²) in [5.74, 6) is -0.529. The third kappa shape index (κ3) is 3.94. The molecule has 4 rings (SSSR count). The Balaban J connectivity index is 1.87. The molecule has 1 aliphatic rings. The minimum Gasteiger partial charge on any atom is -0.405 e. The van der Waals surface area contributed by atoms with E-state index in [1.54, 1.807) is 6.92 Å². The third-order valence-electron chi connectivity index (χ3n) is 5.45. The highest BCUT2D eigenvalue weighted by Gasteiger charge is 2.52. The zero-order valence-corrected chi connectivity index (χ0v) is 16.8. The van der Waals surface area contributed by atoms with Gasteiger partial charge in [0, 0.05) is 24.3 Å². The highest BCUT2D eigenvalue weighted by Crippen LogP contribution is 2.42. The number of esters is 1. The Morgan fingerprint density at radius 1 is 0.900 bits per heavy atom. The summed E-state index contributed by atoms with van der Waals surface area (Å²) in [6.45, 7) is 1.55. The lowest BCUT2D eigenvalue weighted by molar-refractivity contribution is -0.140. The molecule has 2 atom stereocenters. The van der Waals surface area contributed by atoms with Crippen LogP contribution in [0.5, 0.6) is 0 Å². The number of ketones is 1. The summed E-state index contributed by atoms with van der Waals surface area (Å²) in [5, 5.41) is 0. The fourth-order valence-corrected chi connectivity index (χ4v) is 4.03. The molecule has 0 N–H and O–H groups in total. The molecule has 3 aromatic rings. The van der Waals surface area contributed by atoms with E-state index in [1.165, 1.54) is 0 Å². The largest absolute Gasteiger partial charge is 0.405 e. The van der Waals surface area contributed by atoms with Gasteiger partial charge in [-0.1, -0.05) is 78.9 Å². The number of cyclic esters (lactones) is 1. The molecule has 0 radical (unpaired) electrons. The van der Waals surface area contributed by atoms with Gasteiger partial charge in [-0.2, -0.15) is 0 Å². The second-order valence-electron chi connectivity index (χ2n) is 7.63. The number of hydrogen-bond donors (Lipinski definition) is 0. The van der Waals surface area contributed by atoms with Crippen LogP contribution in [0.4, 0.5) is 0 Å². The molecule has 0 spiro atoms. The number of ether oxygens (including phenoxy) is 1. The summed E-state index contributed by atoms with van der Waals surface area (Å²) < 4.78 is 5.72. The van der Waals surface area contributed by atoms with Gasteiger partial charge in [-0.05, 0) is 30.2 Å². The van der Waals surface area contributed by atoms with Crippen molar-refractivity contribution in [3.63, 3.8) is 0 Å². The molecule has 0 unspecified atom stereocenters. The fraction of sp³-hybridized carbons (Fsp3) is 0.192. The van der Waals surface area contributed by atoms with Crippen LogP contribution < -0.4 is 0 Å². The number of benzene rings is 3. The zero-order chi connectivity index (χ0) is 21.0. The third-order valence-corrected chi connectivity index (χ3v) is 5.45. The van der Waals surface area contributed by atoms with Gasteiger partial charge >= 0.3 is 5.97 Å². The van der Waals surface area contributed by atoms with Crippen LogP contribution in [-0.4, -0.2) is 23.2 Å². The highest BCUT2D eigenvalue weighted by atomic mass is 16.6. The maximum atomic E-state index is 13.4. The zero-order valence-electron chi connectivity index (χ0n) is 16.8. The molecule has 30 heavy (non-hydrogen) atoms. The van der Waals surface area contributed by atoms with Crippen molar-refractivity contribution in [1.82, 2.24) is 0 Å². The molecular formula is C26H23NO3. The molecule has 1 aliphatic heterocycles. The lowest BCUT2D eigenvalue weighted by Crippen LogP contribution is -2.43. The minimum atomic E-state index is -1.21. The first kappa shape index (κ1) is 19.8. The van der Waals surface area contributed by atoms with Crippen molar-refractivity contribution in [2.45, 2.75) is 31.2 Å². The maximum absolute atomic E-state index is 13.4. The SMILES string of the molecule is CC(=O)C[C@H](c1ccccc1)[C@@]1(Cc2ccccc2)N=C(c2ccccc2)OC1=O. The first-order chi connectivity index (χ1) is 14.6. The maximum Gasteiger partial charge on any atom is 0.341 e. The number of carbonyl (C=O) groups excluding carboxylic acids is 2. The van der Waals surface area contributed by atoms with Gasteiger partial charge in [0.05, 0.1) is 0 Å². The van der Waals surface area contributed by atoms with Gasteiger partial charge in [0.25, 0.3) is 0 Å².